The summed E-state index contributed by atoms with van der Waals surface area (Å²) in [5, 5.41) is 11.3. The SMILES string of the molecule is O=C(OC1CCCCC1)c1cccn1S(=O)(=O)c1cc(Cl)ccc1[N+](=O)[O-]. The van der Waals surface area contributed by atoms with Crippen LogP contribution in [0.2, 0.25) is 5.02 Å². The summed E-state index contributed by atoms with van der Waals surface area (Å²) in [4.78, 5) is 22.3. The molecule has 0 spiro atoms. The minimum Gasteiger partial charge on any atom is -0.458 e. The van der Waals surface area contributed by atoms with Crippen molar-refractivity contribution in [2.45, 2.75) is 43.1 Å². The lowest BCUT2D eigenvalue weighted by Gasteiger charge is -2.22. The highest BCUT2D eigenvalue weighted by molar-refractivity contribution is 7.90. The van der Waals surface area contributed by atoms with Crippen LogP contribution >= 0.6 is 11.6 Å². The highest BCUT2D eigenvalue weighted by Gasteiger charge is 2.31. The van der Waals surface area contributed by atoms with Gasteiger partial charge in [-0.25, -0.2) is 17.2 Å². The third kappa shape index (κ3) is 3.98. The van der Waals surface area contributed by atoms with Crippen molar-refractivity contribution in [2.75, 3.05) is 0 Å². The molecule has 0 radical (unpaired) electrons. The first-order valence-electron chi connectivity index (χ1n) is 8.38. The van der Waals surface area contributed by atoms with Crippen LogP contribution in [0.5, 0.6) is 0 Å². The van der Waals surface area contributed by atoms with E-state index in [0.29, 0.717) is 3.97 Å². The predicted octanol–water partition coefficient (Wildman–Crippen LogP) is 3.78. The smallest absolute Gasteiger partial charge is 0.356 e. The molecule has 0 atom stereocenters. The number of carbonyl (C=O) groups excluding carboxylic acids is 1. The van der Waals surface area contributed by atoms with Crippen LogP contribution in [-0.4, -0.2) is 29.4 Å². The van der Waals surface area contributed by atoms with E-state index in [0.717, 1.165) is 50.4 Å². The lowest BCUT2D eigenvalue weighted by atomic mass is 9.98. The normalized spacial score (nSPS) is 15.4. The molecule has 27 heavy (non-hydrogen) atoms. The quantitative estimate of drug-likeness (QED) is 0.420. The number of hydrogen-bond donors (Lipinski definition) is 0. The summed E-state index contributed by atoms with van der Waals surface area (Å²) in [6.45, 7) is 0. The van der Waals surface area contributed by atoms with E-state index in [4.69, 9.17) is 16.3 Å². The van der Waals surface area contributed by atoms with Gasteiger partial charge in [0.1, 0.15) is 11.8 Å². The Hall–Kier alpha value is -2.39. The molecule has 3 rings (SSSR count). The van der Waals surface area contributed by atoms with Gasteiger partial charge in [0.2, 0.25) is 0 Å². The highest BCUT2D eigenvalue weighted by atomic mass is 35.5. The van der Waals surface area contributed by atoms with Crippen LogP contribution in [0.25, 0.3) is 0 Å². The van der Waals surface area contributed by atoms with Gasteiger partial charge in [-0.3, -0.25) is 10.1 Å². The maximum Gasteiger partial charge on any atom is 0.356 e. The molecule has 1 aromatic carbocycles. The van der Waals surface area contributed by atoms with Gasteiger partial charge in [0.15, 0.2) is 4.90 Å². The molecule has 0 N–H and O–H groups in total. The minimum atomic E-state index is -4.42. The van der Waals surface area contributed by atoms with Gasteiger partial charge in [-0.2, -0.15) is 0 Å². The van der Waals surface area contributed by atoms with Crippen LogP contribution in [0.15, 0.2) is 41.4 Å². The van der Waals surface area contributed by atoms with E-state index in [1.165, 1.54) is 18.2 Å². The van der Waals surface area contributed by atoms with E-state index in [1.54, 1.807) is 0 Å². The Morgan fingerprint density at radius 3 is 2.59 bits per heavy atom. The van der Waals surface area contributed by atoms with Gasteiger partial charge in [0, 0.05) is 17.3 Å². The Kier molecular flexibility index (Phi) is 5.52. The van der Waals surface area contributed by atoms with E-state index in [-0.39, 0.29) is 16.8 Å². The van der Waals surface area contributed by atoms with Gasteiger partial charge >= 0.3 is 5.97 Å². The van der Waals surface area contributed by atoms with Crippen molar-refractivity contribution in [3.05, 3.63) is 57.4 Å². The second kappa shape index (κ2) is 7.69. The summed E-state index contributed by atoms with van der Waals surface area (Å²) in [5.41, 5.74) is -0.838. The summed E-state index contributed by atoms with van der Waals surface area (Å²) < 4.78 is 32.1. The topological polar surface area (TPSA) is 109 Å². The molecule has 1 aliphatic rings. The molecule has 1 aliphatic carbocycles. The van der Waals surface area contributed by atoms with Crippen LogP contribution < -0.4 is 0 Å². The fraction of sp³-hybridized carbons (Fsp3) is 0.353. The van der Waals surface area contributed by atoms with Gasteiger partial charge < -0.3 is 4.74 Å². The Balaban J connectivity index is 1.98. The number of nitro benzene ring substituents is 1. The number of nitro groups is 1. The summed E-state index contributed by atoms with van der Waals surface area (Å²) >= 11 is 5.83. The van der Waals surface area contributed by atoms with Crippen molar-refractivity contribution in [3.63, 3.8) is 0 Å². The van der Waals surface area contributed by atoms with Crippen molar-refractivity contribution < 1.29 is 22.9 Å². The zero-order valence-electron chi connectivity index (χ0n) is 14.2. The average molecular weight is 413 g/mol. The van der Waals surface area contributed by atoms with Crippen LogP contribution in [0.4, 0.5) is 5.69 Å². The molecule has 0 aliphatic heterocycles. The summed E-state index contributed by atoms with van der Waals surface area (Å²) in [6, 6.07) is 5.90. The molecular formula is C17H17ClN2O6S. The largest absolute Gasteiger partial charge is 0.458 e. The molecule has 0 unspecified atom stereocenters. The van der Waals surface area contributed by atoms with Crippen molar-refractivity contribution in [1.82, 2.24) is 3.97 Å². The maximum absolute atomic E-state index is 13.0. The number of esters is 1. The number of aromatic nitrogens is 1. The first kappa shape index (κ1) is 19.4. The van der Waals surface area contributed by atoms with Crippen LogP contribution in [0.3, 0.4) is 0 Å². The number of ether oxygens (including phenoxy) is 1. The molecule has 1 saturated carbocycles. The van der Waals surface area contributed by atoms with E-state index in [9.17, 15) is 23.3 Å². The molecule has 0 bridgehead atoms. The third-order valence-corrected chi connectivity index (χ3v) is 6.36. The number of nitrogens with zero attached hydrogens (tertiary/aromatic N) is 2. The minimum absolute atomic E-state index is 0.0256. The Labute approximate surface area is 160 Å². The van der Waals surface area contributed by atoms with Crippen molar-refractivity contribution >= 4 is 33.3 Å². The molecule has 144 valence electrons. The molecule has 1 fully saturated rings. The summed E-state index contributed by atoms with van der Waals surface area (Å²) in [6.07, 6.45) is 5.35. The summed E-state index contributed by atoms with van der Waals surface area (Å²) in [7, 11) is -4.42. The van der Waals surface area contributed by atoms with Crippen molar-refractivity contribution in [1.29, 1.82) is 0 Å². The lowest BCUT2D eigenvalue weighted by molar-refractivity contribution is -0.387. The van der Waals surface area contributed by atoms with Crippen LogP contribution in [0, 0.1) is 10.1 Å². The third-order valence-electron chi connectivity index (χ3n) is 4.40. The van der Waals surface area contributed by atoms with Gasteiger partial charge in [0.25, 0.3) is 15.7 Å². The van der Waals surface area contributed by atoms with Gasteiger partial charge in [-0.15, -0.1) is 0 Å². The van der Waals surface area contributed by atoms with Crippen LogP contribution in [-0.2, 0) is 14.8 Å². The second-order valence-electron chi connectivity index (χ2n) is 6.23. The monoisotopic (exact) mass is 412 g/mol. The lowest BCUT2D eigenvalue weighted by Crippen LogP contribution is -2.25. The molecule has 0 amide bonds. The molecule has 2 aromatic rings. The first-order chi connectivity index (χ1) is 12.8. The zero-order chi connectivity index (χ0) is 19.6. The van der Waals surface area contributed by atoms with Crippen molar-refractivity contribution in [2.24, 2.45) is 0 Å². The van der Waals surface area contributed by atoms with Gasteiger partial charge in [-0.05, 0) is 49.9 Å². The number of halogens is 1. The number of benzene rings is 1. The number of rotatable bonds is 5. The molecular weight excluding hydrogens is 396 g/mol. The fourth-order valence-corrected chi connectivity index (χ4v) is 4.84. The van der Waals surface area contributed by atoms with E-state index in [2.05, 4.69) is 0 Å². The standard InChI is InChI=1S/C17H17ClN2O6S/c18-12-8-9-14(20(22)23)16(11-12)27(24,25)19-10-4-7-15(19)17(21)26-13-5-2-1-3-6-13/h4,7-11,13H,1-3,5-6H2. The summed E-state index contributed by atoms with van der Waals surface area (Å²) in [5.74, 6) is -0.778. The van der Waals surface area contributed by atoms with E-state index >= 15 is 0 Å². The fourth-order valence-electron chi connectivity index (χ4n) is 3.08. The highest BCUT2D eigenvalue weighted by Crippen LogP contribution is 2.30. The second-order valence-corrected chi connectivity index (χ2v) is 8.45. The molecule has 8 nitrogen and oxygen atoms in total. The van der Waals surface area contributed by atoms with Gasteiger partial charge in [0.05, 0.1) is 4.92 Å². The average Bonchev–Trinajstić information content (AvgIpc) is 3.13. The Bertz CT molecular complexity index is 979. The van der Waals surface area contributed by atoms with Gasteiger partial charge in [-0.1, -0.05) is 18.0 Å². The Morgan fingerprint density at radius 2 is 1.93 bits per heavy atom. The molecule has 1 aromatic heterocycles. The zero-order valence-corrected chi connectivity index (χ0v) is 15.8. The van der Waals surface area contributed by atoms with E-state index in [1.807, 2.05) is 0 Å². The van der Waals surface area contributed by atoms with Crippen LogP contribution in [0.1, 0.15) is 42.6 Å². The number of hydrogen-bond acceptors (Lipinski definition) is 6. The van der Waals surface area contributed by atoms with Crippen molar-refractivity contribution in [3.8, 4) is 0 Å². The predicted molar refractivity (Wildman–Crippen MR) is 97.4 cm³/mol. The Morgan fingerprint density at radius 1 is 1.22 bits per heavy atom. The molecule has 1 heterocycles. The number of carbonyl (C=O) groups is 1. The maximum atomic E-state index is 13.0. The molecule has 10 heteroatoms. The molecule has 0 saturated heterocycles. The van der Waals surface area contributed by atoms with E-state index < -0.39 is 31.5 Å². The first-order valence-corrected chi connectivity index (χ1v) is 10.2.